The Kier molecular flexibility index (Phi) is 3.72. The fourth-order valence-electron chi connectivity index (χ4n) is 1.21. The molecular formula is C8H11ClN2S. The van der Waals surface area contributed by atoms with E-state index in [9.17, 15) is 0 Å². The first-order chi connectivity index (χ1) is 5.47. The Bertz CT molecular complexity index is 256. The van der Waals surface area contributed by atoms with Crippen molar-refractivity contribution in [1.82, 2.24) is 10.3 Å². The first-order valence-electron chi connectivity index (χ1n) is 3.75. The van der Waals surface area contributed by atoms with Gasteiger partial charge in [0.15, 0.2) is 0 Å². The zero-order valence-corrected chi connectivity index (χ0v) is 8.25. The molecule has 2 heterocycles. The normalized spacial score (nSPS) is 16.5. The van der Waals surface area contributed by atoms with Gasteiger partial charge in [-0.2, -0.15) is 0 Å². The lowest BCUT2D eigenvalue weighted by Crippen LogP contribution is -2.21. The van der Waals surface area contributed by atoms with Crippen LogP contribution >= 0.6 is 23.7 Å². The lowest BCUT2D eigenvalue weighted by atomic mass is 10.1. The molecule has 0 radical (unpaired) electrons. The van der Waals surface area contributed by atoms with Crippen molar-refractivity contribution in [3.05, 3.63) is 22.7 Å². The second-order valence-electron chi connectivity index (χ2n) is 2.57. The zero-order valence-electron chi connectivity index (χ0n) is 6.62. The van der Waals surface area contributed by atoms with Crippen LogP contribution in [-0.2, 0) is 0 Å². The maximum Gasteiger partial charge on any atom is 0.0798 e. The van der Waals surface area contributed by atoms with Crippen LogP contribution in [0.1, 0.15) is 12.1 Å². The highest BCUT2D eigenvalue weighted by Gasteiger charge is 2.05. The Morgan fingerprint density at radius 1 is 1.50 bits per heavy atom. The van der Waals surface area contributed by atoms with E-state index in [4.69, 9.17) is 0 Å². The number of nitrogens with one attached hydrogen (secondary N) is 1. The molecule has 4 heteroatoms. The van der Waals surface area contributed by atoms with Gasteiger partial charge in [-0.15, -0.1) is 23.7 Å². The Balaban J connectivity index is 0.000000720. The molecule has 66 valence electrons. The summed E-state index contributed by atoms with van der Waals surface area (Å²) in [4.78, 5) is 4.25. The number of thiazole rings is 1. The van der Waals surface area contributed by atoms with Gasteiger partial charge in [0.1, 0.15) is 0 Å². The minimum Gasteiger partial charge on any atom is -0.312 e. The molecule has 0 aromatic carbocycles. The predicted octanol–water partition coefficient (Wildman–Crippen LogP) is 1.94. The summed E-state index contributed by atoms with van der Waals surface area (Å²) < 4.78 is 0. The lowest BCUT2D eigenvalue weighted by molar-refractivity contribution is 0.738. The van der Waals surface area contributed by atoms with Gasteiger partial charge in [0.2, 0.25) is 0 Å². The van der Waals surface area contributed by atoms with E-state index in [1.54, 1.807) is 11.3 Å². The fraction of sp³-hybridized carbons (Fsp3) is 0.375. The van der Waals surface area contributed by atoms with Crippen LogP contribution in [0.2, 0.25) is 0 Å². The summed E-state index contributed by atoms with van der Waals surface area (Å²) in [5, 5.41) is 5.42. The second kappa shape index (κ2) is 4.60. The number of rotatable bonds is 1. The quantitative estimate of drug-likeness (QED) is 0.753. The molecule has 0 atom stereocenters. The maximum absolute atomic E-state index is 4.25. The number of aromatic nitrogens is 1. The van der Waals surface area contributed by atoms with Crippen LogP contribution in [0.15, 0.2) is 17.0 Å². The number of hydrogen-bond acceptors (Lipinski definition) is 3. The molecule has 0 fully saturated rings. The van der Waals surface area contributed by atoms with Crippen LogP contribution in [0.4, 0.5) is 0 Å². The van der Waals surface area contributed by atoms with Gasteiger partial charge in [-0.3, -0.25) is 0 Å². The molecular weight excluding hydrogens is 192 g/mol. The molecule has 1 N–H and O–H groups in total. The van der Waals surface area contributed by atoms with Gasteiger partial charge in [0.05, 0.1) is 11.2 Å². The third kappa shape index (κ3) is 2.06. The molecule has 2 nitrogen and oxygen atoms in total. The topological polar surface area (TPSA) is 24.9 Å². The Hall–Kier alpha value is -0.380. The van der Waals surface area contributed by atoms with E-state index >= 15 is 0 Å². The van der Waals surface area contributed by atoms with Crippen LogP contribution in [0.5, 0.6) is 0 Å². The van der Waals surface area contributed by atoms with Crippen LogP contribution < -0.4 is 5.32 Å². The monoisotopic (exact) mass is 202 g/mol. The van der Waals surface area contributed by atoms with E-state index < -0.39 is 0 Å². The van der Waals surface area contributed by atoms with Crippen molar-refractivity contribution in [2.45, 2.75) is 6.42 Å². The molecule has 0 amide bonds. The van der Waals surface area contributed by atoms with E-state index in [-0.39, 0.29) is 12.4 Å². The van der Waals surface area contributed by atoms with E-state index in [1.165, 1.54) is 5.57 Å². The highest BCUT2D eigenvalue weighted by Crippen LogP contribution is 2.15. The standard InChI is InChI=1S/C8H10N2S.ClH/c1-2-7(4-9-3-1)8-5-11-6-10-8;/h2,5-6,9H,1,3-4H2;1H. The molecule has 2 rings (SSSR count). The van der Waals surface area contributed by atoms with E-state index in [0.717, 1.165) is 25.2 Å². The van der Waals surface area contributed by atoms with Crippen molar-refractivity contribution in [3.63, 3.8) is 0 Å². The molecule has 0 unspecified atom stereocenters. The molecule has 0 spiro atoms. The predicted molar refractivity (Wildman–Crippen MR) is 54.8 cm³/mol. The van der Waals surface area contributed by atoms with Crippen molar-refractivity contribution in [1.29, 1.82) is 0 Å². The van der Waals surface area contributed by atoms with Crippen molar-refractivity contribution < 1.29 is 0 Å². The molecule has 0 saturated heterocycles. The van der Waals surface area contributed by atoms with E-state index in [2.05, 4.69) is 21.8 Å². The molecule has 0 aliphatic carbocycles. The van der Waals surface area contributed by atoms with E-state index in [1.807, 2.05) is 5.51 Å². The van der Waals surface area contributed by atoms with Gasteiger partial charge < -0.3 is 5.32 Å². The first kappa shape index (κ1) is 9.71. The van der Waals surface area contributed by atoms with Gasteiger partial charge in [0.25, 0.3) is 0 Å². The van der Waals surface area contributed by atoms with E-state index in [0.29, 0.717) is 0 Å². The summed E-state index contributed by atoms with van der Waals surface area (Å²) in [6.45, 7) is 2.08. The van der Waals surface area contributed by atoms with Gasteiger partial charge in [-0.25, -0.2) is 4.98 Å². The third-order valence-electron chi connectivity index (χ3n) is 1.79. The Morgan fingerprint density at radius 2 is 2.42 bits per heavy atom. The van der Waals surface area contributed by atoms with Crippen LogP contribution in [0.25, 0.3) is 5.57 Å². The summed E-state index contributed by atoms with van der Waals surface area (Å²) in [6.07, 6.45) is 3.40. The van der Waals surface area contributed by atoms with Crippen LogP contribution in [-0.4, -0.2) is 18.1 Å². The van der Waals surface area contributed by atoms with Crippen molar-refractivity contribution >= 4 is 29.3 Å². The molecule has 1 aliphatic heterocycles. The smallest absolute Gasteiger partial charge is 0.0798 e. The summed E-state index contributed by atoms with van der Waals surface area (Å²) >= 11 is 1.65. The average molecular weight is 203 g/mol. The number of nitrogens with zero attached hydrogens (tertiary/aromatic N) is 1. The summed E-state index contributed by atoms with van der Waals surface area (Å²) in [7, 11) is 0. The van der Waals surface area contributed by atoms with Crippen molar-refractivity contribution in [2.75, 3.05) is 13.1 Å². The van der Waals surface area contributed by atoms with Gasteiger partial charge in [-0.05, 0) is 18.5 Å². The molecule has 1 aromatic rings. The lowest BCUT2D eigenvalue weighted by Gasteiger charge is -2.11. The molecule has 12 heavy (non-hydrogen) atoms. The zero-order chi connectivity index (χ0) is 7.52. The van der Waals surface area contributed by atoms with Gasteiger partial charge in [0, 0.05) is 11.9 Å². The fourth-order valence-corrected chi connectivity index (χ4v) is 1.79. The van der Waals surface area contributed by atoms with Crippen LogP contribution in [0.3, 0.4) is 0 Å². The Morgan fingerprint density at radius 3 is 3.00 bits per heavy atom. The second-order valence-corrected chi connectivity index (χ2v) is 3.29. The average Bonchev–Trinajstić information content (AvgIpc) is 2.58. The summed E-state index contributed by atoms with van der Waals surface area (Å²) in [6, 6.07) is 0. The molecule has 1 aromatic heterocycles. The van der Waals surface area contributed by atoms with Gasteiger partial charge in [-0.1, -0.05) is 6.08 Å². The maximum atomic E-state index is 4.25. The Labute approximate surface area is 82.1 Å². The van der Waals surface area contributed by atoms with Gasteiger partial charge >= 0.3 is 0 Å². The number of halogens is 1. The summed E-state index contributed by atoms with van der Waals surface area (Å²) in [5.74, 6) is 0. The largest absolute Gasteiger partial charge is 0.312 e. The summed E-state index contributed by atoms with van der Waals surface area (Å²) in [5.41, 5.74) is 4.37. The highest BCUT2D eigenvalue weighted by atomic mass is 35.5. The third-order valence-corrected chi connectivity index (χ3v) is 2.38. The van der Waals surface area contributed by atoms with Crippen LogP contribution in [0, 0.1) is 0 Å². The minimum atomic E-state index is 0. The molecule has 0 saturated carbocycles. The van der Waals surface area contributed by atoms with Crippen molar-refractivity contribution in [2.24, 2.45) is 0 Å². The highest BCUT2D eigenvalue weighted by molar-refractivity contribution is 7.07. The SMILES string of the molecule is C1=C(c2cscn2)CNCC1.Cl. The minimum absolute atomic E-state index is 0. The molecule has 1 aliphatic rings. The molecule has 0 bridgehead atoms. The first-order valence-corrected chi connectivity index (χ1v) is 4.69. The van der Waals surface area contributed by atoms with Crippen molar-refractivity contribution in [3.8, 4) is 0 Å². The number of hydrogen-bond donors (Lipinski definition) is 1.